The van der Waals surface area contributed by atoms with E-state index in [2.05, 4.69) is 19.8 Å². The van der Waals surface area contributed by atoms with Gasteiger partial charge in [-0.1, -0.05) is 12.1 Å². The predicted octanol–water partition coefficient (Wildman–Crippen LogP) is 2.83. The monoisotopic (exact) mass is 406 g/mol. The number of likely N-dealkylation sites (N-methyl/N-ethyl adjacent to an activating group) is 1. The summed E-state index contributed by atoms with van der Waals surface area (Å²) in [5.41, 5.74) is 1.31. The molecular formula is C19H18F2N3O3S+. The summed E-state index contributed by atoms with van der Waals surface area (Å²) in [6, 6.07) is 12.1. The lowest BCUT2D eigenvalue weighted by Crippen LogP contribution is -3.10. The van der Waals surface area contributed by atoms with Gasteiger partial charge in [-0.15, -0.1) is 20.1 Å². The van der Waals surface area contributed by atoms with Crippen LogP contribution in [0, 0.1) is 0 Å². The zero-order chi connectivity index (χ0) is 19.9. The van der Waals surface area contributed by atoms with Crippen LogP contribution in [0.5, 0.6) is 11.5 Å². The second-order valence-corrected chi connectivity index (χ2v) is 7.70. The topological polar surface area (TPSA) is 64.9 Å². The molecule has 6 nitrogen and oxygen atoms in total. The molecule has 1 aliphatic rings. The van der Waals surface area contributed by atoms with Crippen molar-refractivity contribution in [1.82, 2.24) is 4.98 Å². The predicted molar refractivity (Wildman–Crippen MR) is 101 cm³/mol. The molecule has 0 fully saturated rings. The van der Waals surface area contributed by atoms with E-state index in [9.17, 15) is 13.6 Å². The van der Waals surface area contributed by atoms with E-state index in [0.29, 0.717) is 5.69 Å². The number of thiazole rings is 1. The summed E-state index contributed by atoms with van der Waals surface area (Å²) >= 11 is 1.61. The highest BCUT2D eigenvalue weighted by molar-refractivity contribution is 7.18. The molecule has 1 aliphatic heterocycles. The molecule has 0 aliphatic carbocycles. The first kappa shape index (κ1) is 18.6. The van der Waals surface area contributed by atoms with Gasteiger partial charge in [0.15, 0.2) is 23.1 Å². The molecule has 3 aromatic rings. The van der Waals surface area contributed by atoms with Crippen molar-refractivity contribution in [2.75, 3.05) is 18.9 Å². The number of para-hydroxylation sites is 1. The van der Waals surface area contributed by atoms with E-state index in [-0.39, 0.29) is 30.0 Å². The van der Waals surface area contributed by atoms with Crippen molar-refractivity contribution in [1.29, 1.82) is 0 Å². The molecule has 2 heterocycles. The summed E-state index contributed by atoms with van der Waals surface area (Å²) < 4.78 is 36.0. The molecule has 28 heavy (non-hydrogen) atoms. The number of ether oxygens (including phenoxy) is 2. The number of aromatic nitrogens is 1. The summed E-state index contributed by atoms with van der Waals surface area (Å²) in [6.45, 7) is 2.21. The minimum absolute atomic E-state index is 0.0265. The molecule has 1 amide bonds. The highest BCUT2D eigenvalue weighted by Crippen LogP contribution is 2.42. The maximum absolute atomic E-state index is 13.1. The number of halogens is 2. The normalized spacial score (nSPS) is 16.7. The van der Waals surface area contributed by atoms with Crippen LogP contribution in [0.3, 0.4) is 0 Å². The van der Waals surface area contributed by atoms with E-state index in [1.54, 1.807) is 11.3 Å². The summed E-state index contributed by atoms with van der Waals surface area (Å²) in [5.74, 6) is -0.405. The summed E-state index contributed by atoms with van der Waals surface area (Å²) in [5, 5.41) is 3.66. The van der Waals surface area contributed by atoms with Gasteiger partial charge in [0.2, 0.25) is 0 Å². The number of carbonyl (C=O) groups excluding carboxylic acids is 1. The number of fused-ring (bicyclic) bond motifs is 2. The molecule has 0 saturated carbocycles. The van der Waals surface area contributed by atoms with Crippen molar-refractivity contribution < 1.29 is 27.9 Å². The molecule has 1 unspecified atom stereocenters. The molecule has 2 aromatic carbocycles. The minimum atomic E-state index is -3.68. The largest absolute Gasteiger partial charge is 0.586 e. The Kier molecular flexibility index (Phi) is 4.64. The molecule has 146 valence electrons. The van der Waals surface area contributed by atoms with Gasteiger partial charge in [0.1, 0.15) is 6.04 Å². The number of amides is 1. The molecule has 4 rings (SSSR count). The number of rotatable bonds is 5. The maximum Gasteiger partial charge on any atom is 0.586 e. The smallest absolute Gasteiger partial charge is 0.395 e. The van der Waals surface area contributed by atoms with Gasteiger partial charge in [-0.05, 0) is 31.2 Å². The number of hydrogen-bond donors (Lipinski definition) is 2. The molecule has 0 saturated heterocycles. The van der Waals surface area contributed by atoms with Crippen LogP contribution in [-0.4, -0.2) is 30.8 Å². The first-order valence-electron chi connectivity index (χ1n) is 8.68. The Labute approximate surface area is 163 Å². The zero-order valence-electron chi connectivity index (χ0n) is 15.2. The zero-order valence-corrected chi connectivity index (χ0v) is 16.0. The number of benzene rings is 2. The first-order valence-corrected chi connectivity index (χ1v) is 9.50. The van der Waals surface area contributed by atoms with Crippen molar-refractivity contribution in [3.05, 3.63) is 47.5 Å². The van der Waals surface area contributed by atoms with Gasteiger partial charge in [-0.2, -0.15) is 0 Å². The highest BCUT2D eigenvalue weighted by atomic mass is 32.1. The van der Waals surface area contributed by atoms with Crippen LogP contribution in [0.15, 0.2) is 42.5 Å². The van der Waals surface area contributed by atoms with Crippen molar-refractivity contribution in [2.45, 2.75) is 19.3 Å². The number of hydrogen-bond acceptors (Lipinski definition) is 5. The van der Waals surface area contributed by atoms with Gasteiger partial charge < -0.3 is 19.7 Å². The van der Waals surface area contributed by atoms with E-state index < -0.39 is 6.29 Å². The van der Waals surface area contributed by atoms with Gasteiger partial charge in [0, 0.05) is 11.8 Å². The SMILES string of the molecule is C[C@H](c1nc2ccccc2s1)[NH+](C)CC(=O)Nc1ccc2c(c1)OC(F)(F)O2. The number of alkyl halides is 2. The first-order chi connectivity index (χ1) is 13.3. The lowest BCUT2D eigenvalue weighted by atomic mass is 10.2. The van der Waals surface area contributed by atoms with Gasteiger partial charge in [0.25, 0.3) is 5.91 Å². The van der Waals surface area contributed by atoms with Crippen LogP contribution >= 0.6 is 11.3 Å². The number of nitrogens with zero attached hydrogens (tertiary/aromatic N) is 1. The molecule has 2 atom stereocenters. The van der Waals surface area contributed by atoms with Gasteiger partial charge in [-0.25, -0.2) is 4.98 Å². The molecule has 1 aromatic heterocycles. The van der Waals surface area contributed by atoms with Crippen LogP contribution < -0.4 is 19.7 Å². The molecule has 9 heteroatoms. The quantitative estimate of drug-likeness (QED) is 0.684. The lowest BCUT2D eigenvalue weighted by molar-refractivity contribution is -0.902. The van der Waals surface area contributed by atoms with E-state index in [1.165, 1.54) is 18.2 Å². The second-order valence-electron chi connectivity index (χ2n) is 6.64. The average molecular weight is 406 g/mol. The third-order valence-corrected chi connectivity index (χ3v) is 5.76. The fourth-order valence-electron chi connectivity index (χ4n) is 2.92. The summed E-state index contributed by atoms with van der Waals surface area (Å²) in [4.78, 5) is 18.0. The third-order valence-electron chi connectivity index (χ3n) is 4.54. The standard InChI is InChI=1S/C19H17F2N3O3S/c1-11(18-23-13-5-3-4-6-16(13)28-18)24(2)10-17(25)22-12-7-8-14-15(9-12)27-19(20,21)26-14/h3-9,11H,10H2,1-2H3,(H,22,25)/p+1/t11-/m1/s1. The Morgan fingerprint density at radius 2 is 2.00 bits per heavy atom. The number of quaternary nitrogens is 1. The molecular weight excluding hydrogens is 388 g/mol. The van der Waals surface area contributed by atoms with Crippen LogP contribution in [0.25, 0.3) is 10.2 Å². The van der Waals surface area contributed by atoms with Crippen LogP contribution in [0.1, 0.15) is 18.0 Å². The Hall–Kier alpha value is -2.78. The van der Waals surface area contributed by atoms with E-state index in [1.807, 2.05) is 38.2 Å². The number of anilines is 1. The van der Waals surface area contributed by atoms with Crippen molar-refractivity contribution in [3.8, 4) is 11.5 Å². The van der Waals surface area contributed by atoms with Gasteiger partial charge in [0.05, 0.1) is 17.3 Å². The molecule has 2 N–H and O–H groups in total. The van der Waals surface area contributed by atoms with Crippen LogP contribution in [0.4, 0.5) is 14.5 Å². The highest BCUT2D eigenvalue weighted by Gasteiger charge is 2.43. The van der Waals surface area contributed by atoms with Crippen LogP contribution in [0.2, 0.25) is 0 Å². The Morgan fingerprint density at radius 1 is 1.25 bits per heavy atom. The summed E-state index contributed by atoms with van der Waals surface area (Å²) in [7, 11) is 1.91. The van der Waals surface area contributed by atoms with Crippen molar-refractivity contribution >= 4 is 33.1 Å². The van der Waals surface area contributed by atoms with E-state index >= 15 is 0 Å². The molecule has 0 radical (unpaired) electrons. The van der Waals surface area contributed by atoms with Gasteiger partial charge in [-0.3, -0.25) is 4.79 Å². The Morgan fingerprint density at radius 3 is 2.79 bits per heavy atom. The summed E-state index contributed by atoms with van der Waals surface area (Å²) in [6.07, 6.45) is -3.68. The average Bonchev–Trinajstić information content (AvgIpc) is 3.19. The maximum atomic E-state index is 13.1. The third kappa shape index (κ3) is 3.76. The number of carbonyl (C=O) groups is 1. The Bertz CT molecular complexity index is 1010. The molecule has 0 spiro atoms. The van der Waals surface area contributed by atoms with Crippen molar-refractivity contribution in [2.24, 2.45) is 0 Å². The van der Waals surface area contributed by atoms with Crippen molar-refractivity contribution in [3.63, 3.8) is 0 Å². The fraction of sp³-hybridized carbons (Fsp3) is 0.263. The molecule has 0 bridgehead atoms. The fourth-order valence-corrected chi connectivity index (χ4v) is 4.04. The minimum Gasteiger partial charge on any atom is -0.395 e. The Balaban J connectivity index is 1.39. The van der Waals surface area contributed by atoms with Gasteiger partial charge >= 0.3 is 6.29 Å². The van der Waals surface area contributed by atoms with E-state index in [4.69, 9.17) is 0 Å². The van der Waals surface area contributed by atoms with Crippen LogP contribution in [-0.2, 0) is 4.79 Å². The lowest BCUT2D eigenvalue weighted by Gasteiger charge is -2.19. The number of nitrogens with one attached hydrogen (secondary N) is 2. The second kappa shape index (κ2) is 6.99. The van der Waals surface area contributed by atoms with E-state index in [0.717, 1.165) is 20.1 Å².